The zero-order valence-corrected chi connectivity index (χ0v) is 10.9. The molecular formula is C12H24N2O4. The third-order valence-electron chi connectivity index (χ3n) is 2.96. The fourth-order valence-electron chi connectivity index (χ4n) is 1.68. The second-order valence-electron chi connectivity index (χ2n) is 4.38. The molecule has 0 heterocycles. The van der Waals surface area contributed by atoms with Gasteiger partial charge in [0.05, 0.1) is 0 Å². The van der Waals surface area contributed by atoms with Crippen molar-refractivity contribution in [2.45, 2.75) is 45.1 Å². The lowest BCUT2D eigenvalue weighted by Gasteiger charge is -2.13. The molecule has 0 fully saturated rings. The van der Waals surface area contributed by atoms with Crippen LogP contribution in [-0.4, -0.2) is 41.3 Å². The van der Waals surface area contributed by atoms with Gasteiger partial charge in [0.25, 0.3) is 0 Å². The fourth-order valence-corrected chi connectivity index (χ4v) is 1.68. The summed E-state index contributed by atoms with van der Waals surface area (Å²) in [5.74, 6) is -0.910. The van der Waals surface area contributed by atoms with E-state index < -0.39 is 12.1 Å². The van der Waals surface area contributed by atoms with Crippen LogP contribution in [-0.2, 0) is 9.59 Å². The molecule has 0 radical (unpaired) electrons. The Morgan fingerprint density at radius 1 is 1.28 bits per heavy atom. The van der Waals surface area contributed by atoms with E-state index in [9.17, 15) is 9.59 Å². The molecule has 0 saturated heterocycles. The van der Waals surface area contributed by atoms with E-state index in [1.54, 1.807) is 0 Å². The number of aliphatic hydroxyl groups is 1. The van der Waals surface area contributed by atoms with Crippen LogP contribution in [0.25, 0.3) is 0 Å². The minimum Gasteiger partial charge on any atom is -0.479 e. The molecule has 0 aliphatic heterocycles. The molecule has 0 aromatic heterocycles. The number of carboxylic acids is 1. The molecule has 0 saturated carbocycles. The lowest BCUT2D eigenvalue weighted by Crippen LogP contribution is -2.30. The van der Waals surface area contributed by atoms with Gasteiger partial charge in [-0.2, -0.15) is 0 Å². The summed E-state index contributed by atoms with van der Waals surface area (Å²) in [6.07, 6.45) is 1.75. The number of nitrogens with one attached hydrogen (secondary N) is 1. The number of amides is 1. The van der Waals surface area contributed by atoms with Crippen LogP contribution >= 0.6 is 0 Å². The maximum Gasteiger partial charge on any atom is 0.332 e. The van der Waals surface area contributed by atoms with Gasteiger partial charge < -0.3 is 21.3 Å². The van der Waals surface area contributed by atoms with Gasteiger partial charge in [0.2, 0.25) is 5.91 Å². The lowest BCUT2D eigenvalue weighted by molar-refractivity contribution is -0.147. The average Bonchev–Trinajstić information content (AvgIpc) is 2.34. The SMILES string of the molecule is CCC(CCN)CCC(=O)NCCC(O)C(=O)O. The van der Waals surface area contributed by atoms with Crippen molar-refractivity contribution in [3.63, 3.8) is 0 Å². The van der Waals surface area contributed by atoms with E-state index in [2.05, 4.69) is 12.2 Å². The van der Waals surface area contributed by atoms with Crippen molar-refractivity contribution in [3.8, 4) is 0 Å². The molecule has 0 aromatic rings. The molecule has 0 spiro atoms. The highest BCUT2D eigenvalue weighted by Gasteiger charge is 2.13. The minimum absolute atomic E-state index is 0.0288. The molecule has 106 valence electrons. The number of carbonyl (C=O) groups is 2. The summed E-state index contributed by atoms with van der Waals surface area (Å²) in [6.45, 7) is 2.88. The number of hydrogen-bond acceptors (Lipinski definition) is 4. The van der Waals surface area contributed by atoms with Gasteiger partial charge in [-0.3, -0.25) is 4.79 Å². The van der Waals surface area contributed by atoms with E-state index in [0.717, 1.165) is 19.3 Å². The normalized spacial score (nSPS) is 13.9. The van der Waals surface area contributed by atoms with Crippen molar-refractivity contribution in [2.24, 2.45) is 11.7 Å². The van der Waals surface area contributed by atoms with E-state index in [1.165, 1.54) is 0 Å². The summed E-state index contributed by atoms with van der Waals surface area (Å²) in [5, 5.41) is 20.0. The first-order chi connectivity index (χ1) is 8.51. The first-order valence-corrected chi connectivity index (χ1v) is 6.38. The third-order valence-corrected chi connectivity index (χ3v) is 2.96. The smallest absolute Gasteiger partial charge is 0.332 e. The Kier molecular flexibility index (Phi) is 9.22. The van der Waals surface area contributed by atoms with Gasteiger partial charge in [0, 0.05) is 19.4 Å². The first kappa shape index (κ1) is 16.9. The van der Waals surface area contributed by atoms with Gasteiger partial charge in [-0.25, -0.2) is 4.79 Å². The molecule has 0 aromatic carbocycles. The Morgan fingerprint density at radius 3 is 2.44 bits per heavy atom. The maximum absolute atomic E-state index is 11.4. The van der Waals surface area contributed by atoms with Crippen LogP contribution in [0, 0.1) is 5.92 Å². The van der Waals surface area contributed by atoms with E-state index in [0.29, 0.717) is 18.9 Å². The van der Waals surface area contributed by atoms with Crippen LogP contribution in [0.15, 0.2) is 0 Å². The second kappa shape index (κ2) is 9.85. The number of aliphatic carboxylic acids is 1. The van der Waals surface area contributed by atoms with Crippen molar-refractivity contribution in [2.75, 3.05) is 13.1 Å². The number of nitrogens with two attached hydrogens (primary N) is 1. The highest BCUT2D eigenvalue weighted by molar-refractivity contribution is 5.76. The van der Waals surface area contributed by atoms with Gasteiger partial charge in [-0.1, -0.05) is 13.3 Å². The zero-order valence-electron chi connectivity index (χ0n) is 10.9. The Balaban J connectivity index is 3.68. The van der Waals surface area contributed by atoms with Crippen LogP contribution in [0.2, 0.25) is 0 Å². The van der Waals surface area contributed by atoms with Crippen molar-refractivity contribution < 1.29 is 19.8 Å². The predicted octanol–water partition coefficient (Wildman–Crippen LogP) is 0.0934. The standard InChI is InChI=1S/C12H24N2O4/c1-2-9(5-7-13)3-4-11(16)14-8-6-10(15)12(17)18/h9-10,15H,2-8,13H2,1H3,(H,14,16)(H,17,18). The fraction of sp³-hybridized carbons (Fsp3) is 0.833. The molecule has 6 heteroatoms. The van der Waals surface area contributed by atoms with Gasteiger partial charge in [-0.15, -0.1) is 0 Å². The topological polar surface area (TPSA) is 113 Å². The van der Waals surface area contributed by atoms with E-state index >= 15 is 0 Å². The summed E-state index contributed by atoms with van der Waals surface area (Å²) < 4.78 is 0. The Bertz CT molecular complexity index is 258. The van der Waals surface area contributed by atoms with Crippen molar-refractivity contribution in [1.82, 2.24) is 5.32 Å². The summed E-state index contributed by atoms with van der Waals surface area (Å²) in [5.41, 5.74) is 5.47. The average molecular weight is 260 g/mol. The molecule has 0 rings (SSSR count). The van der Waals surface area contributed by atoms with E-state index in [4.69, 9.17) is 15.9 Å². The van der Waals surface area contributed by atoms with Crippen LogP contribution in [0.1, 0.15) is 39.0 Å². The highest BCUT2D eigenvalue weighted by Crippen LogP contribution is 2.14. The lowest BCUT2D eigenvalue weighted by atomic mass is 9.96. The summed E-state index contributed by atoms with van der Waals surface area (Å²) in [4.78, 5) is 21.8. The van der Waals surface area contributed by atoms with E-state index in [-0.39, 0.29) is 18.9 Å². The van der Waals surface area contributed by atoms with Crippen LogP contribution in [0.4, 0.5) is 0 Å². The van der Waals surface area contributed by atoms with Crippen LogP contribution in [0.5, 0.6) is 0 Å². The molecule has 0 aliphatic carbocycles. The van der Waals surface area contributed by atoms with E-state index in [1.807, 2.05) is 0 Å². The quantitative estimate of drug-likeness (QED) is 0.445. The first-order valence-electron chi connectivity index (χ1n) is 6.38. The second-order valence-corrected chi connectivity index (χ2v) is 4.38. The van der Waals surface area contributed by atoms with Crippen molar-refractivity contribution in [1.29, 1.82) is 0 Å². The zero-order chi connectivity index (χ0) is 14.0. The summed E-state index contributed by atoms with van der Waals surface area (Å²) in [6, 6.07) is 0. The van der Waals surface area contributed by atoms with Crippen molar-refractivity contribution in [3.05, 3.63) is 0 Å². The maximum atomic E-state index is 11.4. The molecule has 2 atom stereocenters. The highest BCUT2D eigenvalue weighted by atomic mass is 16.4. The minimum atomic E-state index is -1.41. The summed E-state index contributed by atoms with van der Waals surface area (Å²) in [7, 11) is 0. The number of aliphatic hydroxyl groups excluding tert-OH is 1. The Hall–Kier alpha value is -1.14. The van der Waals surface area contributed by atoms with Crippen LogP contribution < -0.4 is 11.1 Å². The molecule has 5 N–H and O–H groups in total. The van der Waals surface area contributed by atoms with Gasteiger partial charge >= 0.3 is 5.97 Å². The van der Waals surface area contributed by atoms with Crippen molar-refractivity contribution >= 4 is 11.9 Å². The third kappa shape index (κ3) is 8.03. The van der Waals surface area contributed by atoms with Gasteiger partial charge in [0.1, 0.15) is 0 Å². The molecule has 0 aliphatic rings. The van der Waals surface area contributed by atoms with Crippen LogP contribution in [0.3, 0.4) is 0 Å². The number of carboxylic acid groups (broad SMARTS) is 1. The molecular weight excluding hydrogens is 236 g/mol. The monoisotopic (exact) mass is 260 g/mol. The molecule has 1 amide bonds. The molecule has 2 unspecified atom stereocenters. The number of rotatable bonds is 10. The van der Waals surface area contributed by atoms with Gasteiger partial charge in [-0.05, 0) is 25.3 Å². The number of carbonyl (C=O) groups excluding carboxylic acids is 1. The Morgan fingerprint density at radius 2 is 1.94 bits per heavy atom. The molecule has 6 nitrogen and oxygen atoms in total. The predicted molar refractivity (Wildman–Crippen MR) is 68.0 cm³/mol. The Labute approximate surface area is 108 Å². The van der Waals surface area contributed by atoms with Gasteiger partial charge in [0.15, 0.2) is 6.10 Å². The molecule has 18 heavy (non-hydrogen) atoms. The summed E-state index contributed by atoms with van der Waals surface area (Å²) >= 11 is 0. The molecule has 0 bridgehead atoms. The number of hydrogen-bond donors (Lipinski definition) is 4. The largest absolute Gasteiger partial charge is 0.479 e.